The van der Waals surface area contributed by atoms with Crippen LogP contribution in [0, 0.1) is 5.39 Å². The van der Waals surface area contributed by atoms with Gasteiger partial charge in [-0.1, -0.05) is 0 Å². The Morgan fingerprint density at radius 3 is 2.53 bits per heavy atom. The van der Waals surface area contributed by atoms with Gasteiger partial charge in [-0.3, -0.25) is 0 Å². The van der Waals surface area contributed by atoms with Crippen LogP contribution < -0.4 is 0 Å². The molecule has 5 nitrogen and oxygen atoms in total. The van der Waals surface area contributed by atoms with Crippen molar-refractivity contribution in [2.45, 2.75) is 33.2 Å². The molecule has 0 amide bonds. The predicted octanol–water partition coefficient (Wildman–Crippen LogP) is 2.33. The van der Waals surface area contributed by atoms with Gasteiger partial charge in [0.2, 0.25) is 5.39 Å². The maximum absolute atomic E-state index is 9.62. The molecule has 0 aromatic carbocycles. The zero-order valence-electron chi connectivity index (χ0n) is 9.90. The average molecular weight is 214 g/mol. The Labute approximate surface area is 91.0 Å². The van der Waals surface area contributed by atoms with Gasteiger partial charge in [-0.2, -0.15) is 0 Å². The van der Waals surface area contributed by atoms with Gasteiger partial charge in [0.15, 0.2) is 4.98 Å². The summed E-state index contributed by atoms with van der Waals surface area (Å²) in [5.41, 5.74) is -0.248. The second-order valence-electron chi connectivity index (χ2n) is 4.12. The van der Waals surface area contributed by atoms with Crippen molar-refractivity contribution in [1.29, 1.82) is 5.39 Å². The SMILES string of the molecule is CCOCCN(/C(O)=C\[N+]#N)C(C)(C)C. The number of aliphatic hydroxyl groups excluding tert-OH is 1. The minimum Gasteiger partial charge on any atom is -0.489 e. The van der Waals surface area contributed by atoms with Crippen LogP contribution >= 0.6 is 0 Å². The molecule has 0 spiro atoms. The Balaban J connectivity index is 4.48. The van der Waals surface area contributed by atoms with Crippen LogP contribution in [0.15, 0.2) is 12.1 Å². The van der Waals surface area contributed by atoms with Crippen molar-refractivity contribution in [3.63, 3.8) is 0 Å². The van der Waals surface area contributed by atoms with Crippen molar-refractivity contribution in [2.75, 3.05) is 19.8 Å². The first kappa shape index (κ1) is 13.7. The molecule has 0 saturated heterocycles. The molecule has 0 radical (unpaired) electrons. The van der Waals surface area contributed by atoms with Crippen LogP contribution in [0.5, 0.6) is 0 Å². The van der Waals surface area contributed by atoms with Gasteiger partial charge in [-0.25, -0.2) is 0 Å². The standard InChI is InChI=1S/C10H19N3O2/c1-5-15-7-6-13(10(2,3)4)9(14)8-12-11/h8H,5-7H2,1-4H3/p+1/b9-8+. The monoisotopic (exact) mass is 214 g/mol. The van der Waals surface area contributed by atoms with E-state index in [1.807, 2.05) is 27.7 Å². The molecule has 0 heterocycles. The molecule has 0 fully saturated rings. The van der Waals surface area contributed by atoms with Crippen molar-refractivity contribution in [3.05, 3.63) is 17.1 Å². The number of ether oxygens (including phenoxy) is 1. The lowest BCUT2D eigenvalue weighted by Crippen LogP contribution is -2.42. The lowest BCUT2D eigenvalue weighted by Gasteiger charge is -2.34. The molecule has 0 aliphatic carbocycles. The van der Waals surface area contributed by atoms with Crippen LogP contribution in [-0.2, 0) is 4.74 Å². The van der Waals surface area contributed by atoms with Crippen molar-refractivity contribution in [2.24, 2.45) is 0 Å². The molecule has 0 aliphatic rings. The summed E-state index contributed by atoms with van der Waals surface area (Å²) in [6, 6.07) is 0. The molecule has 0 bridgehead atoms. The molecule has 0 aromatic rings. The molecule has 15 heavy (non-hydrogen) atoms. The smallest absolute Gasteiger partial charge is 0.409 e. The molecule has 0 aliphatic heterocycles. The van der Waals surface area contributed by atoms with E-state index in [9.17, 15) is 5.11 Å². The summed E-state index contributed by atoms with van der Waals surface area (Å²) >= 11 is 0. The molecule has 86 valence electrons. The number of aliphatic hydroxyl groups is 1. The van der Waals surface area contributed by atoms with Crippen LogP contribution in [0.4, 0.5) is 0 Å². The minimum absolute atomic E-state index is 0.0651. The highest BCUT2D eigenvalue weighted by atomic mass is 16.5. The number of hydrogen-bond acceptors (Lipinski definition) is 4. The largest absolute Gasteiger partial charge is 0.489 e. The van der Waals surface area contributed by atoms with Gasteiger partial charge >= 0.3 is 6.20 Å². The topological polar surface area (TPSA) is 60.9 Å². The van der Waals surface area contributed by atoms with Gasteiger partial charge in [-0.05, 0) is 27.7 Å². The van der Waals surface area contributed by atoms with Gasteiger partial charge in [0.1, 0.15) is 0 Å². The fourth-order valence-corrected chi connectivity index (χ4v) is 1.22. The van der Waals surface area contributed by atoms with E-state index in [1.54, 1.807) is 4.90 Å². The minimum atomic E-state index is -0.248. The molecule has 0 saturated carbocycles. The highest BCUT2D eigenvalue weighted by Crippen LogP contribution is 2.17. The summed E-state index contributed by atoms with van der Waals surface area (Å²) in [7, 11) is 0. The van der Waals surface area contributed by atoms with E-state index in [0.29, 0.717) is 19.8 Å². The lowest BCUT2D eigenvalue weighted by molar-refractivity contribution is 0.0582. The lowest BCUT2D eigenvalue weighted by atomic mass is 10.1. The average Bonchev–Trinajstić information content (AvgIpc) is 2.10. The molecular formula is C10H20N3O2+. The molecular weight excluding hydrogens is 194 g/mol. The number of hydrogen-bond donors (Lipinski definition) is 1. The van der Waals surface area contributed by atoms with Crippen LogP contribution in [0.2, 0.25) is 0 Å². The third kappa shape index (κ3) is 5.23. The van der Waals surface area contributed by atoms with Gasteiger partial charge in [0.05, 0.1) is 6.61 Å². The third-order valence-electron chi connectivity index (χ3n) is 1.92. The Hall–Kier alpha value is -1.28. The quantitative estimate of drug-likeness (QED) is 0.433. The Bertz CT molecular complexity index is 250. The second kappa shape index (κ2) is 6.25. The molecule has 5 heteroatoms. The maximum Gasteiger partial charge on any atom is 0.409 e. The number of nitrogens with zero attached hydrogens (tertiary/aromatic N) is 3. The Morgan fingerprint density at radius 1 is 1.53 bits per heavy atom. The van der Waals surface area contributed by atoms with E-state index in [1.165, 1.54) is 0 Å². The zero-order valence-corrected chi connectivity index (χ0v) is 9.90. The normalized spacial score (nSPS) is 12.3. The predicted molar refractivity (Wildman–Crippen MR) is 58.7 cm³/mol. The molecule has 0 rings (SSSR count). The fourth-order valence-electron chi connectivity index (χ4n) is 1.22. The summed E-state index contributed by atoms with van der Waals surface area (Å²) in [4.78, 5) is 4.51. The van der Waals surface area contributed by atoms with E-state index >= 15 is 0 Å². The van der Waals surface area contributed by atoms with Crippen LogP contribution in [0.1, 0.15) is 27.7 Å². The molecule has 0 aromatic heterocycles. The zero-order chi connectivity index (χ0) is 11.9. The van der Waals surface area contributed by atoms with Crippen LogP contribution in [0.3, 0.4) is 0 Å². The van der Waals surface area contributed by atoms with Crippen LogP contribution in [-0.4, -0.2) is 35.3 Å². The maximum atomic E-state index is 9.62. The van der Waals surface area contributed by atoms with E-state index < -0.39 is 0 Å². The summed E-state index contributed by atoms with van der Waals surface area (Å²) in [5, 5.41) is 18.0. The van der Waals surface area contributed by atoms with E-state index in [0.717, 1.165) is 6.20 Å². The Morgan fingerprint density at radius 2 is 2.13 bits per heavy atom. The van der Waals surface area contributed by atoms with E-state index in [4.69, 9.17) is 10.1 Å². The first-order chi connectivity index (χ1) is 6.93. The third-order valence-corrected chi connectivity index (χ3v) is 1.92. The molecule has 0 unspecified atom stereocenters. The summed E-state index contributed by atoms with van der Waals surface area (Å²) < 4.78 is 5.21. The summed E-state index contributed by atoms with van der Waals surface area (Å²) in [6.07, 6.45) is 1.01. The van der Waals surface area contributed by atoms with Crippen molar-refractivity contribution in [3.8, 4) is 0 Å². The van der Waals surface area contributed by atoms with Crippen molar-refractivity contribution < 1.29 is 9.84 Å². The summed E-state index contributed by atoms with van der Waals surface area (Å²) in [5.74, 6) is -0.0651. The number of rotatable bonds is 5. The van der Waals surface area contributed by atoms with Crippen molar-refractivity contribution in [1.82, 2.24) is 4.90 Å². The van der Waals surface area contributed by atoms with Gasteiger partial charge in [0.25, 0.3) is 5.88 Å². The number of diazo groups is 1. The van der Waals surface area contributed by atoms with Gasteiger partial charge in [-0.15, -0.1) is 0 Å². The highest BCUT2D eigenvalue weighted by Gasteiger charge is 2.25. The summed E-state index contributed by atoms with van der Waals surface area (Å²) in [6.45, 7) is 9.51. The highest BCUT2D eigenvalue weighted by molar-refractivity contribution is 4.99. The first-order valence-corrected chi connectivity index (χ1v) is 5.02. The molecule has 1 N–H and O–H groups in total. The van der Waals surface area contributed by atoms with E-state index in [-0.39, 0.29) is 11.4 Å². The van der Waals surface area contributed by atoms with Gasteiger partial charge < -0.3 is 14.7 Å². The first-order valence-electron chi connectivity index (χ1n) is 5.02. The van der Waals surface area contributed by atoms with Crippen molar-refractivity contribution >= 4 is 0 Å². The molecule has 0 atom stereocenters. The second-order valence-corrected chi connectivity index (χ2v) is 4.12. The van der Waals surface area contributed by atoms with Gasteiger partial charge in [0, 0.05) is 18.7 Å². The fraction of sp³-hybridized carbons (Fsp3) is 0.800. The van der Waals surface area contributed by atoms with E-state index in [2.05, 4.69) is 4.98 Å². The van der Waals surface area contributed by atoms with Crippen LogP contribution in [0.25, 0.3) is 4.98 Å². The Kier molecular flexibility index (Phi) is 5.72.